The molecule has 0 aliphatic rings. The van der Waals surface area contributed by atoms with Crippen molar-refractivity contribution >= 4 is 41.3 Å². The second kappa shape index (κ2) is 10.6. The van der Waals surface area contributed by atoms with Crippen LogP contribution in [0.15, 0.2) is 35.6 Å². The second-order valence-electron chi connectivity index (χ2n) is 4.76. The van der Waals surface area contributed by atoms with E-state index in [1.54, 1.807) is 11.3 Å². The normalized spacial score (nSPS) is 11.1. The van der Waals surface area contributed by atoms with Gasteiger partial charge in [0.2, 0.25) is 0 Å². The molecule has 0 saturated carbocycles. The molecule has 2 aromatic heterocycles. The maximum Gasteiger partial charge on any atom is 0.191 e. The number of hydrogen-bond donors (Lipinski definition) is 2. The van der Waals surface area contributed by atoms with E-state index >= 15 is 0 Å². The molecule has 2 N–H and O–H groups in total. The van der Waals surface area contributed by atoms with E-state index in [-0.39, 0.29) is 24.0 Å². The Kier molecular flexibility index (Phi) is 9.14. The van der Waals surface area contributed by atoms with Crippen molar-refractivity contribution in [3.05, 3.63) is 40.3 Å². The van der Waals surface area contributed by atoms with Crippen LogP contribution in [0.2, 0.25) is 0 Å². The highest BCUT2D eigenvalue weighted by molar-refractivity contribution is 14.0. The molecule has 122 valence electrons. The maximum absolute atomic E-state index is 4.61. The zero-order valence-electron chi connectivity index (χ0n) is 13.1. The van der Waals surface area contributed by atoms with Gasteiger partial charge in [0.05, 0.1) is 6.54 Å². The van der Waals surface area contributed by atoms with Crippen molar-refractivity contribution in [3.8, 4) is 0 Å². The van der Waals surface area contributed by atoms with Crippen LogP contribution in [0, 0.1) is 6.92 Å². The monoisotopic (exact) mass is 433 g/mol. The number of rotatable bonds is 7. The van der Waals surface area contributed by atoms with Crippen LogP contribution in [-0.4, -0.2) is 28.8 Å². The van der Waals surface area contributed by atoms with E-state index in [1.807, 2.05) is 23.1 Å². The Bertz CT molecular complexity index is 550. The highest BCUT2D eigenvalue weighted by Crippen LogP contribution is 2.15. The standard InChI is InChI=1S/C15H23N5S.HI/c1-3-16-15(18-12-14-7-6-13(2)21-14)17-8-4-10-20-11-5-9-19-20;/h5-7,9,11H,3-4,8,10,12H2,1-2H3,(H2,16,17,18);1H. The smallest absolute Gasteiger partial charge is 0.191 e. The Morgan fingerprint density at radius 3 is 2.86 bits per heavy atom. The third kappa shape index (κ3) is 6.78. The van der Waals surface area contributed by atoms with Crippen molar-refractivity contribution in [2.24, 2.45) is 4.99 Å². The molecule has 5 nitrogen and oxygen atoms in total. The summed E-state index contributed by atoms with van der Waals surface area (Å²) in [5.41, 5.74) is 0. The van der Waals surface area contributed by atoms with Gasteiger partial charge < -0.3 is 10.6 Å². The molecule has 0 atom stereocenters. The number of halogens is 1. The summed E-state index contributed by atoms with van der Waals surface area (Å²) < 4.78 is 1.94. The van der Waals surface area contributed by atoms with Crippen molar-refractivity contribution < 1.29 is 0 Å². The van der Waals surface area contributed by atoms with Crippen molar-refractivity contribution in [2.75, 3.05) is 13.1 Å². The van der Waals surface area contributed by atoms with Gasteiger partial charge in [0.25, 0.3) is 0 Å². The topological polar surface area (TPSA) is 54.2 Å². The van der Waals surface area contributed by atoms with Gasteiger partial charge in [0.15, 0.2) is 5.96 Å². The van der Waals surface area contributed by atoms with Crippen LogP contribution in [0.5, 0.6) is 0 Å². The number of aryl methyl sites for hydroxylation is 2. The molecule has 7 heteroatoms. The summed E-state index contributed by atoms with van der Waals surface area (Å²) in [5.74, 6) is 0.879. The van der Waals surface area contributed by atoms with Gasteiger partial charge in [0, 0.05) is 41.8 Å². The lowest BCUT2D eigenvalue weighted by atomic mass is 10.4. The van der Waals surface area contributed by atoms with Crippen molar-refractivity contribution in [3.63, 3.8) is 0 Å². The van der Waals surface area contributed by atoms with E-state index in [0.29, 0.717) is 0 Å². The fourth-order valence-corrected chi connectivity index (χ4v) is 2.76. The minimum absolute atomic E-state index is 0. The molecule has 0 fully saturated rings. The molecule has 0 radical (unpaired) electrons. The number of nitrogens with one attached hydrogen (secondary N) is 2. The molecule has 2 rings (SSSR count). The van der Waals surface area contributed by atoms with Gasteiger partial charge in [-0.15, -0.1) is 35.3 Å². The molecular weight excluding hydrogens is 409 g/mol. The van der Waals surface area contributed by atoms with Crippen LogP contribution < -0.4 is 10.6 Å². The molecule has 2 heterocycles. The number of nitrogens with zero attached hydrogens (tertiary/aromatic N) is 3. The second-order valence-corrected chi connectivity index (χ2v) is 6.13. The first kappa shape index (κ1) is 19.0. The van der Waals surface area contributed by atoms with E-state index in [2.05, 4.69) is 46.7 Å². The van der Waals surface area contributed by atoms with Crippen LogP contribution in [0.3, 0.4) is 0 Å². The van der Waals surface area contributed by atoms with Gasteiger partial charge in [-0.3, -0.25) is 4.68 Å². The van der Waals surface area contributed by atoms with Crippen LogP contribution in [-0.2, 0) is 13.1 Å². The number of guanidine groups is 1. The predicted octanol–water partition coefficient (Wildman–Crippen LogP) is 3.02. The zero-order chi connectivity index (χ0) is 14.9. The first-order valence-electron chi connectivity index (χ1n) is 7.33. The molecule has 2 aromatic rings. The van der Waals surface area contributed by atoms with Gasteiger partial charge in [-0.2, -0.15) is 5.10 Å². The van der Waals surface area contributed by atoms with Gasteiger partial charge >= 0.3 is 0 Å². The Morgan fingerprint density at radius 2 is 2.23 bits per heavy atom. The summed E-state index contributed by atoms with van der Waals surface area (Å²) in [4.78, 5) is 7.24. The molecule has 0 spiro atoms. The molecule has 0 amide bonds. The third-order valence-corrected chi connectivity index (χ3v) is 3.93. The molecule has 22 heavy (non-hydrogen) atoms. The van der Waals surface area contributed by atoms with E-state index < -0.39 is 0 Å². The molecular formula is C15H24IN5S. The van der Waals surface area contributed by atoms with Crippen molar-refractivity contribution in [2.45, 2.75) is 33.4 Å². The van der Waals surface area contributed by atoms with Gasteiger partial charge in [-0.05, 0) is 38.5 Å². The summed E-state index contributed by atoms with van der Waals surface area (Å²) in [6.07, 6.45) is 4.81. The number of hydrogen-bond acceptors (Lipinski definition) is 3. The molecule has 0 aliphatic heterocycles. The SMILES string of the molecule is CCNC(=NCc1ccc(C)s1)NCCCn1cccn1.I. The summed E-state index contributed by atoms with van der Waals surface area (Å²) in [6.45, 7) is 7.60. The minimum Gasteiger partial charge on any atom is -0.357 e. The van der Waals surface area contributed by atoms with E-state index in [4.69, 9.17) is 0 Å². The van der Waals surface area contributed by atoms with Crippen LogP contribution in [0.1, 0.15) is 23.1 Å². The Morgan fingerprint density at radius 1 is 1.36 bits per heavy atom. The third-order valence-electron chi connectivity index (χ3n) is 2.95. The van der Waals surface area contributed by atoms with Gasteiger partial charge in [0.1, 0.15) is 0 Å². The molecule has 0 aliphatic carbocycles. The average Bonchev–Trinajstić information content (AvgIpc) is 3.12. The summed E-state index contributed by atoms with van der Waals surface area (Å²) in [7, 11) is 0. The lowest BCUT2D eigenvalue weighted by Crippen LogP contribution is -2.38. The maximum atomic E-state index is 4.61. The largest absolute Gasteiger partial charge is 0.357 e. The van der Waals surface area contributed by atoms with Crippen LogP contribution in [0.4, 0.5) is 0 Å². The summed E-state index contributed by atoms with van der Waals surface area (Å²) in [5, 5.41) is 10.8. The number of aliphatic imine (C=N–C) groups is 1. The fourth-order valence-electron chi connectivity index (χ4n) is 1.95. The average molecular weight is 433 g/mol. The summed E-state index contributed by atoms with van der Waals surface area (Å²) in [6, 6.07) is 6.23. The number of aromatic nitrogens is 2. The van der Waals surface area contributed by atoms with Gasteiger partial charge in [-0.25, -0.2) is 4.99 Å². The fraction of sp³-hybridized carbons (Fsp3) is 0.467. The highest BCUT2D eigenvalue weighted by atomic mass is 127. The van der Waals surface area contributed by atoms with Crippen LogP contribution >= 0.6 is 35.3 Å². The zero-order valence-corrected chi connectivity index (χ0v) is 16.2. The summed E-state index contributed by atoms with van der Waals surface area (Å²) >= 11 is 1.80. The molecule has 0 saturated heterocycles. The van der Waals surface area contributed by atoms with Crippen molar-refractivity contribution in [1.82, 2.24) is 20.4 Å². The molecule has 0 bridgehead atoms. The van der Waals surface area contributed by atoms with E-state index in [0.717, 1.165) is 38.6 Å². The Hall–Kier alpha value is -1.09. The Labute approximate surface area is 153 Å². The molecule has 0 aromatic carbocycles. The number of thiophene rings is 1. The Balaban J connectivity index is 0.00000242. The van der Waals surface area contributed by atoms with E-state index in [9.17, 15) is 0 Å². The highest BCUT2D eigenvalue weighted by Gasteiger charge is 1.99. The first-order chi connectivity index (χ1) is 10.3. The van der Waals surface area contributed by atoms with Gasteiger partial charge in [-0.1, -0.05) is 0 Å². The lowest BCUT2D eigenvalue weighted by molar-refractivity contribution is 0.570. The minimum atomic E-state index is 0. The lowest BCUT2D eigenvalue weighted by Gasteiger charge is -2.11. The quantitative estimate of drug-likeness (QED) is 0.306. The van der Waals surface area contributed by atoms with Crippen molar-refractivity contribution in [1.29, 1.82) is 0 Å². The van der Waals surface area contributed by atoms with E-state index in [1.165, 1.54) is 9.75 Å². The van der Waals surface area contributed by atoms with Crippen LogP contribution in [0.25, 0.3) is 0 Å². The predicted molar refractivity (Wildman–Crippen MR) is 104 cm³/mol. The molecule has 0 unspecified atom stereocenters. The first-order valence-corrected chi connectivity index (χ1v) is 8.14.